The van der Waals surface area contributed by atoms with Gasteiger partial charge in [-0.25, -0.2) is 0 Å². The second-order valence-electron chi connectivity index (χ2n) is 4.12. The summed E-state index contributed by atoms with van der Waals surface area (Å²) < 4.78 is 7.28. The van der Waals surface area contributed by atoms with Crippen LogP contribution in [0.4, 0.5) is 0 Å². The monoisotopic (exact) mass is 262 g/mol. The summed E-state index contributed by atoms with van der Waals surface area (Å²) in [5.41, 5.74) is 6.75. The molecule has 2 N–H and O–H groups in total. The Labute approximate surface area is 109 Å². The van der Waals surface area contributed by atoms with Crippen LogP contribution in [0.25, 0.3) is 11.4 Å². The van der Waals surface area contributed by atoms with E-state index < -0.39 is 0 Å². The molecule has 1 aliphatic rings. The van der Waals surface area contributed by atoms with Gasteiger partial charge in [0.2, 0.25) is 0 Å². The molecule has 0 spiro atoms. The average Bonchev–Trinajstić information content (AvgIpc) is 2.98. The van der Waals surface area contributed by atoms with Crippen LogP contribution < -0.4 is 10.5 Å². The van der Waals surface area contributed by atoms with Gasteiger partial charge in [-0.3, -0.25) is 0 Å². The van der Waals surface area contributed by atoms with Gasteiger partial charge in [-0.15, -0.1) is 10.2 Å². The van der Waals surface area contributed by atoms with Crippen molar-refractivity contribution >= 4 is 11.8 Å². The standard InChI is InChI=1S/C12H14N4OS/c1-17-9-4-2-8(3-5-9)11-14-15-12-16(11)7-10(6-13)18-12/h2-5,10H,6-7,13H2,1H3. The third-order valence-electron chi connectivity index (χ3n) is 2.99. The van der Waals surface area contributed by atoms with Gasteiger partial charge in [0.05, 0.1) is 7.11 Å². The zero-order valence-corrected chi connectivity index (χ0v) is 10.9. The van der Waals surface area contributed by atoms with Gasteiger partial charge >= 0.3 is 0 Å². The molecule has 5 nitrogen and oxygen atoms in total. The van der Waals surface area contributed by atoms with Gasteiger partial charge in [-0.05, 0) is 24.3 Å². The van der Waals surface area contributed by atoms with E-state index in [1.54, 1.807) is 18.9 Å². The minimum Gasteiger partial charge on any atom is -0.497 e. The van der Waals surface area contributed by atoms with Crippen molar-refractivity contribution in [1.29, 1.82) is 0 Å². The number of aromatic nitrogens is 3. The van der Waals surface area contributed by atoms with E-state index in [4.69, 9.17) is 10.5 Å². The van der Waals surface area contributed by atoms with Crippen LogP contribution >= 0.6 is 11.8 Å². The largest absolute Gasteiger partial charge is 0.497 e. The molecule has 1 atom stereocenters. The Morgan fingerprint density at radius 1 is 1.39 bits per heavy atom. The Bertz CT molecular complexity index is 552. The molecule has 1 aliphatic heterocycles. The van der Waals surface area contributed by atoms with E-state index >= 15 is 0 Å². The molecule has 0 aliphatic carbocycles. The van der Waals surface area contributed by atoms with E-state index in [1.807, 2.05) is 24.3 Å². The lowest BCUT2D eigenvalue weighted by Crippen LogP contribution is -2.17. The zero-order chi connectivity index (χ0) is 12.5. The van der Waals surface area contributed by atoms with Gasteiger partial charge in [0, 0.05) is 23.9 Å². The summed E-state index contributed by atoms with van der Waals surface area (Å²) in [6.45, 7) is 1.54. The zero-order valence-electron chi connectivity index (χ0n) is 10.0. The molecule has 0 saturated carbocycles. The second kappa shape index (κ2) is 4.62. The number of benzene rings is 1. The fourth-order valence-corrected chi connectivity index (χ4v) is 3.00. The van der Waals surface area contributed by atoms with E-state index in [-0.39, 0.29) is 0 Å². The van der Waals surface area contributed by atoms with Crippen molar-refractivity contribution in [1.82, 2.24) is 14.8 Å². The van der Waals surface area contributed by atoms with Crippen molar-refractivity contribution in [3.8, 4) is 17.1 Å². The minimum absolute atomic E-state index is 0.410. The Kier molecular flexibility index (Phi) is 2.97. The number of methoxy groups -OCH3 is 1. The number of hydrogen-bond acceptors (Lipinski definition) is 5. The molecule has 0 bridgehead atoms. The lowest BCUT2D eigenvalue weighted by atomic mass is 10.2. The van der Waals surface area contributed by atoms with E-state index in [2.05, 4.69) is 14.8 Å². The molecule has 6 heteroatoms. The van der Waals surface area contributed by atoms with E-state index in [0.29, 0.717) is 11.8 Å². The highest BCUT2D eigenvalue weighted by atomic mass is 32.2. The Morgan fingerprint density at radius 2 is 2.17 bits per heavy atom. The molecular weight excluding hydrogens is 248 g/mol. The lowest BCUT2D eigenvalue weighted by molar-refractivity contribution is 0.415. The number of rotatable bonds is 3. The molecule has 0 fully saturated rings. The van der Waals surface area contributed by atoms with Gasteiger partial charge in [-0.1, -0.05) is 11.8 Å². The van der Waals surface area contributed by atoms with Crippen molar-refractivity contribution in [3.63, 3.8) is 0 Å². The van der Waals surface area contributed by atoms with Crippen LogP contribution in [0.3, 0.4) is 0 Å². The first kappa shape index (κ1) is 11.6. The van der Waals surface area contributed by atoms with Crippen LogP contribution in [-0.4, -0.2) is 33.7 Å². The maximum atomic E-state index is 5.70. The summed E-state index contributed by atoms with van der Waals surface area (Å²) in [6.07, 6.45) is 0. The van der Waals surface area contributed by atoms with Gasteiger partial charge in [-0.2, -0.15) is 0 Å². The fraction of sp³-hybridized carbons (Fsp3) is 0.333. The van der Waals surface area contributed by atoms with Crippen LogP contribution in [0.2, 0.25) is 0 Å². The van der Waals surface area contributed by atoms with Crippen LogP contribution in [0.1, 0.15) is 0 Å². The van der Waals surface area contributed by atoms with E-state index in [0.717, 1.165) is 28.8 Å². The molecule has 2 aromatic rings. The molecule has 18 heavy (non-hydrogen) atoms. The minimum atomic E-state index is 0.410. The van der Waals surface area contributed by atoms with Crippen LogP contribution in [0.15, 0.2) is 29.4 Å². The first-order chi connectivity index (χ1) is 8.81. The van der Waals surface area contributed by atoms with Gasteiger partial charge in [0.1, 0.15) is 5.75 Å². The summed E-state index contributed by atoms with van der Waals surface area (Å²) in [5, 5.41) is 9.81. The highest BCUT2D eigenvalue weighted by Crippen LogP contribution is 2.34. The summed E-state index contributed by atoms with van der Waals surface area (Å²) in [4.78, 5) is 0. The molecule has 0 radical (unpaired) electrons. The number of nitrogens with zero attached hydrogens (tertiary/aromatic N) is 3. The van der Waals surface area contributed by atoms with Crippen LogP contribution in [0.5, 0.6) is 5.75 Å². The number of fused-ring (bicyclic) bond motifs is 1. The Balaban J connectivity index is 1.94. The normalized spacial score (nSPS) is 17.8. The Hall–Kier alpha value is -1.53. The molecule has 3 rings (SSSR count). The van der Waals surface area contributed by atoms with Gasteiger partial charge in [0.15, 0.2) is 11.0 Å². The topological polar surface area (TPSA) is 66.0 Å². The highest BCUT2D eigenvalue weighted by molar-refractivity contribution is 8.00. The van der Waals surface area contributed by atoms with Gasteiger partial charge < -0.3 is 15.0 Å². The highest BCUT2D eigenvalue weighted by Gasteiger charge is 2.26. The number of ether oxygens (including phenoxy) is 1. The van der Waals surface area contributed by atoms with Gasteiger partial charge in [0.25, 0.3) is 0 Å². The summed E-state index contributed by atoms with van der Waals surface area (Å²) in [7, 11) is 1.66. The summed E-state index contributed by atoms with van der Waals surface area (Å²) in [5.74, 6) is 1.74. The summed E-state index contributed by atoms with van der Waals surface area (Å²) >= 11 is 1.70. The lowest BCUT2D eigenvalue weighted by Gasteiger charge is -2.06. The Morgan fingerprint density at radius 3 is 2.83 bits per heavy atom. The molecule has 0 saturated heterocycles. The molecule has 1 unspecified atom stereocenters. The third-order valence-corrected chi connectivity index (χ3v) is 4.17. The van der Waals surface area contributed by atoms with Crippen molar-refractivity contribution in [2.45, 2.75) is 17.0 Å². The van der Waals surface area contributed by atoms with Crippen LogP contribution in [-0.2, 0) is 6.54 Å². The van der Waals surface area contributed by atoms with Crippen LogP contribution in [0, 0.1) is 0 Å². The fourth-order valence-electron chi connectivity index (χ4n) is 2.01. The smallest absolute Gasteiger partial charge is 0.191 e. The van der Waals surface area contributed by atoms with E-state index in [9.17, 15) is 0 Å². The average molecular weight is 262 g/mol. The van der Waals surface area contributed by atoms with Crippen molar-refractivity contribution in [2.24, 2.45) is 5.73 Å². The molecule has 1 aromatic carbocycles. The first-order valence-corrected chi connectivity index (χ1v) is 6.64. The SMILES string of the molecule is COc1ccc(-c2nnc3n2CC(CN)S3)cc1. The summed E-state index contributed by atoms with van der Waals surface area (Å²) in [6, 6.07) is 7.85. The molecule has 1 aromatic heterocycles. The number of hydrogen-bond donors (Lipinski definition) is 1. The predicted molar refractivity (Wildman–Crippen MR) is 70.7 cm³/mol. The first-order valence-electron chi connectivity index (χ1n) is 5.76. The van der Waals surface area contributed by atoms with Crippen molar-refractivity contribution < 1.29 is 4.74 Å². The molecule has 2 heterocycles. The maximum Gasteiger partial charge on any atom is 0.191 e. The quantitative estimate of drug-likeness (QED) is 0.905. The third kappa shape index (κ3) is 1.87. The maximum absolute atomic E-state index is 5.70. The van der Waals surface area contributed by atoms with Crippen molar-refractivity contribution in [3.05, 3.63) is 24.3 Å². The number of nitrogens with two attached hydrogens (primary N) is 1. The van der Waals surface area contributed by atoms with E-state index in [1.165, 1.54) is 0 Å². The predicted octanol–water partition coefficient (Wildman–Crippen LogP) is 1.39. The molecule has 94 valence electrons. The molecule has 0 amide bonds. The van der Waals surface area contributed by atoms with Crippen molar-refractivity contribution in [2.75, 3.05) is 13.7 Å². The number of thioether (sulfide) groups is 1. The molecular formula is C12H14N4OS. The second-order valence-corrected chi connectivity index (χ2v) is 5.39.